The summed E-state index contributed by atoms with van der Waals surface area (Å²) in [6, 6.07) is 6.33. The van der Waals surface area contributed by atoms with E-state index in [-0.39, 0.29) is 6.79 Å². The Morgan fingerprint density at radius 3 is 2.69 bits per heavy atom. The first-order valence-corrected chi connectivity index (χ1v) is 10.7. The van der Waals surface area contributed by atoms with E-state index in [0.29, 0.717) is 18.4 Å². The fourth-order valence-electron chi connectivity index (χ4n) is 4.31. The highest BCUT2D eigenvalue weighted by Gasteiger charge is 2.28. The Balaban J connectivity index is 1.70. The standard InChI is InChI=1S/C24H29N3O2/c1-4-17-10-11-21(22(14-17)29-15-28-5-2)23-19-8-6-7-9-20(19)24(27-26-23)25-18-12-16(3)13-18/h1,10-11,14,16,18H,5-9,12-13,15H2,2-3H3,(H,25,27)/t16-,18+. The summed E-state index contributed by atoms with van der Waals surface area (Å²) in [5, 5.41) is 12.9. The van der Waals surface area contributed by atoms with E-state index in [1.807, 2.05) is 25.1 Å². The molecule has 1 saturated carbocycles. The molecule has 5 heteroatoms. The third-order valence-corrected chi connectivity index (χ3v) is 5.91. The summed E-state index contributed by atoms with van der Waals surface area (Å²) in [6.07, 6.45) is 12.4. The molecule has 0 unspecified atom stereocenters. The summed E-state index contributed by atoms with van der Waals surface area (Å²) in [6.45, 7) is 5.02. The van der Waals surface area contributed by atoms with Gasteiger partial charge in [0.2, 0.25) is 0 Å². The average molecular weight is 392 g/mol. The number of terminal acetylenes is 1. The van der Waals surface area contributed by atoms with E-state index in [9.17, 15) is 0 Å². The zero-order valence-electron chi connectivity index (χ0n) is 17.3. The summed E-state index contributed by atoms with van der Waals surface area (Å²) < 4.78 is 11.3. The Kier molecular flexibility index (Phi) is 6.01. The molecule has 1 heterocycles. The van der Waals surface area contributed by atoms with Crippen LogP contribution in [0.1, 0.15) is 56.2 Å². The fraction of sp³-hybridized carbons (Fsp3) is 0.500. The van der Waals surface area contributed by atoms with Crippen molar-refractivity contribution in [1.82, 2.24) is 10.2 Å². The van der Waals surface area contributed by atoms with Gasteiger partial charge in [-0.15, -0.1) is 16.6 Å². The molecule has 0 amide bonds. The van der Waals surface area contributed by atoms with Crippen molar-refractivity contribution in [2.24, 2.45) is 5.92 Å². The molecule has 4 rings (SSSR count). The summed E-state index contributed by atoms with van der Waals surface area (Å²) in [7, 11) is 0. The number of benzene rings is 1. The van der Waals surface area contributed by atoms with E-state index >= 15 is 0 Å². The Hall–Kier alpha value is -2.58. The maximum absolute atomic E-state index is 5.90. The van der Waals surface area contributed by atoms with E-state index in [0.717, 1.165) is 41.4 Å². The van der Waals surface area contributed by atoms with Crippen LogP contribution in [0.2, 0.25) is 0 Å². The van der Waals surface area contributed by atoms with Crippen LogP contribution in [0.25, 0.3) is 11.3 Å². The molecular formula is C24H29N3O2. The topological polar surface area (TPSA) is 56.3 Å². The summed E-state index contributed by atoms with van der Waals surface area (Å²) in [4.78, 5) is 0. The summed E-state index contributed by atoms with van der Waals surface area (Å²) in [5.74, 6) is 5.15. The molecule has 152 valence electrons. The largest absolute Gasteiger partial charge is 0.467 e. The van der Waals surface area contributed by atoms with Crippen LogP contribution in [-0.4, -0.2) is 29.6 Å². The lowest BCUT2D eigenvalue weighted by Crippen LogP contribution is -2.34. The minimum atomic E-state index is 0.187. The van der Waals surface area contributed by atoms with Crippen LogP contribution in [0.3, 0.4) is 0 Å². The molecule has 2 aromatic rings. The van der Waals surface area contributed by atoms with Crippen molar-refractivity contribution in [3.05, 3.63) is 34.9 Å². The molecule has 29 heavy (non-hydrogen) atoms. The highest BCUT2D eigenvalue weighted by atomic mass is 16.7. The predicted octanol–water partition coefficient (Wildman–Crippen LogP) is 4.59. The van der Waals surface area contributed by atoms with Gasteiger partial charge in [-0.3, -0.25) is 0 Å². The number of nitrogens with zero attached hydrogens (tertiary/aromatic N) is 2. The number of rotatable bonds is 7. The smallest absolute Gasteiger partial charge is 0.189 e. The van der Waals surface area contributed by atoms with Crippen molar-refractivity contribution in [3.63, 3.8) is 0 Å². The summed E-state index contributed by atoms with van der Waals surface area (Å²) in [5.41, 5.74) is 5.22. The molecule has 0 bridgehead atoms. The van der Waals surface area contributed by atoms with Gasteiger partial charge in [0.05, 0.1) is 0 Å². The first-order valence-electron chi connectivity index (χ1n) is 10.7. The van der Waals surface area contributed by atoms with Gasteiger partial charge >= 0.3 is 0 Å². The van der Waals surface area contributed by atoms with Crippen molar-refractivity contribution in [3.8, 4) is 29.4 Å². The Bertz CT molecular complexity index is 913. The molecule has 1 N–H and O–H groups in total. The molecule has 0 aliphatic heterocycles. The second-order valence-corrected chi connectivity index (χ2v) is 8.09. The molecule has 1 fully saturated rings. The highest BCUT2D eigenvalue weighted by molar-refractivity contribution is 5.74. The molecule has 0 radical (unpaired) electrons. The lowest BCUT2D eigenvalue weighted by atomic mass is 9.81. The number of hydrogen-bond acceptors (Lipinski definition) is 5. The minimum Gasteiger partial charge on any atom is -0.467 e. The summed E-state index contributed by atoms with van der Waals surface area (Å²) >= 11 is 0. The van der Waals surface area contributed by atoms with Gasteiger partial charge in [-0.2, -0.15) is 0 Å². The van der Waals surface area contributed by atoms with Gasteiger partial charge in [0.25, 0.3) is 0 Å². The van der Waals surface area contributed by atoms with Gasteiger partial charge in [-0.25, -0.2) is 0 Å². The van der Waals surface area contributed by atoms with E-state index in [4.69, 9.17) is 15.9 Å². The van der Waals surface area contributed by atoms with Crippen molar-refractivity contribution in [2.45, 2.75) is 58.4 Å². The average Bonchev–Trinajstić information content (AvgIpc) is 2.73. The number of ether oxygens (including phenoxy) is 2. The van der Waals surface area contributed by atoms with Crippen molar-refractivity contribution in [1.29, 1.82) is 0 Å². The molecular weight excluding hydrogens is 362 g/mol. The zero-order chi connectivity index (χ0) is 20.2. The first-order chi connectivity index (χ1) is 14.2. The van der Waals surface area contributed by atoms with E-state index in [1.54, 1.807) is 0 Å². The molecule has 0 atom stereocenters. The Morgan fingerprint density at radius 2 is 1.97 bits per heavy atom. The van der Waals surface area contributed by atoms with Crippen LogP contribution in [-0.2, 0) is 17.6 Å². The third kappa shape index (κ3) is 4.23. The first kappa shape index (κ1) is 19.7. The predicted molar refractivity (Wildman–Crippen MR) is 115 cm³/mol. The highest BCUT2D eigenvalue weighted by Crippen LogP contribution is 2.38. The molecule has 0 spiro atoms. The SMILES string of the molecule is C#Cc1ccc(-c2nnc(N[C@H]3C[C@@H](C)C3)c3c2CCCC3)c(OCOCC)c1. The van der Waals surface area contributed by atoms with Gasteiger partial charge < -0.3 is 14.8 Å². The normalized spacial score (nSPS) is 20.3. The fourth-order valence-corrected chi connectivity index (χ4v) is 4.31. The Labute approximate surface area is 173 Å². The second-order valence-electron chi connectivity index (χ2n) is 8.09. The maximum atomic E-state index is 5.90. The molecule has 2 aliphatic rings. The van der Waals surface area contributed by atoms with Gasteiger partial charge in [0.15, 0.2) is 12.6 Å². The van der Waals surface area contributed by atoms with Crippen molar-refractivity contribution in [2.75, 3.05) is 18.7 Å². The zero-order valence-corrected chi connectivity index (χ0v) is 17.3. The minimum absolute atomic E-state index is 0.187. The molecule has 2 aliphatic carbocycles. The molecule has 5 nitrogen and oxygen atoms in total. The number of fused-ring (bicyclic) bond motifs is 1. The van der Waals surface area contributed by atoms with E-state index in [2.05, 4.69) is 28.4 Å². The number of hydrogen-bond donors (Lipinski definition) is 1. The maximum Gasteiger partial charge on any atom is 0.189 e. The van der Waals surface area contributed by atoms with Crippen LogP contribution in [0.4, 0.5) is 5.82 Å². The molecule has 0 saturated heterocycles. The van der Waals surface area contributed by atoms with Crippen molar-refractivity contribution < 1.29 is 9.47 Å². The lowest BCUT2D eigenvalue weighted by molar-refractivity contribution is 0.0227. The van der Waals surface area contributed by atoms with Crippen LogP contribution in [0.5, 0.6) is 5.75 Å². The van der Waals surface area contributed by atoms with E-state index < -0.39 is 0 Å². The van der Waals surface area contributed by atoms with Gasteiger partial charge in [-0.05, 0) is 75.1 Å². The van der Waals surface area contributed by atoms with Crippen molar-refractivity contribution >= 4 is 5.82 Å². The van der Waals surface area contributed by atoms with Crippen LogP contribution < -0.4 is 10.1 Å². The monoisotopic (exact) mass is 391 g/mol. The molecule has 1 aromatic carbocycles. The quantitative estimate of drug-likeness (QED) is 0.425. The van der Waals surface area contributed by atoms with E-state index in [1.165, 1.54) is 36.8 Å². The van der Waals surface area contributed by atoms with Crippen LogP contribution >= 0.6 is 0 Å². The number of nitrogens with one attached hydrogen (secondary N) is 1. The third-order valence-electron chi connectivity index (χ3n) is 5.91. The van der Waals surface area contributed by atoms with Gasteiger partial charge in [-0.1, -0.05) is 12.8 Å². The molecule has 1 aromatic heterocycles. The number of anilines is 1. The lowest BCUT2D eigenvalue weighted by Gasteiger charge is -2.34. The van der Waals surface area contributed by atoms with Gasteiger partial charge in [0.1, 0.15) is 11.4 Å². The Morgan fingerprint density at radius 1 is 1.17 bits per heavy atom. The number of aromatic nitrogens is 2. The van der Waals surface area contributed by atoms with Gasteiger partial charge in [0, 0.05) is 29.3 Å². The van der Waals surface area contributed by atoms with Crippen LogP contribution in [0, 0.1) is 18.3 Å². The van der Waals surface area contributed by atoms with Crippen LogP contribution in [0.15, 0.2) is 18.2 Å². The second kappa shape index (κ2) is 8.84.